The van der Waals surface area contributed by atoms with Gasteiger partial charge in [0.25, 0.3) is 0 Å². The summed E-state index contributed by atoms with van der Waals surface area (Å²) in [5, 5.41) is 0. The molecule has 1 aromatic carbocycles. The molecule has 0 N–H and O–H groups in total. The third-order valence-electron chi connectivity index (χ3n) is 6.08. The smallest absolute Gasteiger partial charge is 0.247 e. The zero-order valence-electron chi connectivity index (χ0n) is 18.7. The number of anilines is 1. The van der Waals surface area contributed by atoms with Crippen LogP contribution in [0.15, 0.2) is 29.2 Å². The minimum absolute atomic E-state index is 0.191. The van der Waals surface area contributed by atoms with E-state index in [4.69, 9.17) is 14.7 Å². The first-order chi connectivity index (χ1) is 14.8. The normalized spacial score (nSPS) is 20.3. The highest BCUT2D eigenvalue weighted by Crippen LogP contribution is 2.38. The van der Waals surface area contributed by atoms with Crippen LogP contribution in [0.5, 0.6) is 5.75 Å². The van der Waals surface area contributed by atoms with Gasteiger partial charge in [-0.25, -0.2) is 18.4 Å². The Bertz CT molecular complexity index is 1060. The van der Waals surface area contributed by atoms with Gasteiger partial charge in [0.05, 0.1) is 18.8 Å². The molecule has 0 amide bonds. The van der Waals surface area contributed by atoms with Crippen molar-refractivity contribution in [3.05, 3.63) is 41.3 Å². The maximum absolute atomic E-state index is 13.7. The molecule has 0 radical (unpaired) electrons. The Kier molecular flexibility index (Phi) is 6.18. The summed E-state index contributed by atoms with van der Waals surface area (Å²) in [6.45, 7) is 2.19. The number of rotatable bonds is 5. The van der Waals surface area contributed by atoms with Crippen LogP contribution in [0.2, 0.25) is 0 Å². The standard InChI is InChI=1S/C22H31N5O3S/c1-25(2)22-16-15-26(3)14-12-17(16)23-21(24-22)18-9-7-8-13-27(18)31(28,29)20-11-6-5-10-19(20)30-4/h5-6,10-11,18H,7-9,12-15H2,1-4H3. The fourth-order valence-corrected chi connectivity index (χ4v) is 6.29. The number of hydrogen-bond acceptors (Lipinski definition) is 7. The third kappa shape index (κ3) is 4.14. The molecule has 0 spiro atoms. The summed E-state index contributed by atoms with van der Waals surface area (Å²) in [4.78, 5) is 14.3. The van der Waals surface area contributed by atoms with Crippen LogP contribution < -0.4 is 9.64 Å². The number of piperidine rings is 1. The molecule has 0 aliphatic carbocycles. The van der Waals surface area contributed by atoms with E-state index in [0.29, 0.717) is 24.5 Å². The zero-order valence-corrected chi connectivity index (χ0v) is 19.5. The van der Waals surface area contributed by atoms with Crippen molar-refractivity contribution in [2.24, 2.45) is 0 Å². The summed E-state index contributed by atoms with van der Waals surface area (Å²) in [5.41, 5.74) is 2.17. The monoisotopic (exact) mass is 445 g/mol. The molecule has 1 fully saturated rings. The first-order valence-corrected chi connectivity index (χ1v) is 12.2. The number of ether oxygens (including phenoxy) is 1. The molecular weight excluding hydrogens is 414 g/mol. The molecule has 2 aromatic rings. The van der Waals surface area contributed by atoms with Gasteiger partial charge in [-0.1, -0.05) is 18.6 Å². The van der Waals surface area contributed by atoms with Crippen LogP contribution in [-0.2, 0) is 23.0 Å². The SMILES string of the molecule is COc1ccccc1S(=O)(=O)N1CCCCC1c1nc2c(c(N(C)C)n1)CN(C)CC2. The van der Waals surface area contributed by atoms with Gasteiger partial charge in [0.1, 0.15) is 22.3 Å². The van der Waals surface area contributed by atoms with Crippen molar-refractivity contribution in [1.29, 1.82) is 0 Å². The molecule has 2 aliphatic heterocycles. The van der Waals surface area contributed by atoms with Crippen LogP contribution in [0.1, 0.15) is 42.4 Å². The highest BCUT2D eigenvalue weighted by Gasteiger charge is 2.38. The minimum Gasteiger partial charge on any atom is -0.495 e. The molecular formula is C22H31N5O3S. The number of para-hydroxylation sites is 1. The lowest BCUT2D eigenvalue weighted by atomic mass is 10.0. The van der Waals surface area contributed by atoms with Gasteiger partial charge >= 0.3 is 0 Å². The molecule has 1 saturated heterocycles. The second-order valence-electron chi connectivity index (χ2n) is 8.49. The van der Waals surface area contributed by atoms with E-state index in [2.05, 4.69) is 11.9 Å². The average molecular weight is 446 g/mol. The molecule has 31 heavy (non-hydrogen) atoms. The molecule has 1 aromatic heterocycles. The van der Waals surface area contributed by atoms with E-state index in [9.17, 15) is 8.42 Å². The van der Waals surface area contributed by atoms with Gasteiger partial charge < -0.3 is 14.5 Å². The number of sulfonamides is 1. The Labute approximate surface area is 184 Å². The molecule has 3 heterocycles. The van der Waals surface area contributed by atoms with Crippen LogP contribution in [0, 0.1) is 0 Å². The Morgan fingerprint density at radius 1 is 1.13 bits per heavy atom. The van der Waals surface area contributed by atoms with Gasteiger partial charge in [-0.15, -0.1) is 0 Å². The van der Waals surface area contributed by atoms with E-state index in [-0.39, 0.29) is 10.9 Å². The maximum Gasteiger partial charge on any atom is 0.247 e. The van der Waals surface area contributed by atoms with E-state index in [1.807, 2.05) is 19.0 Å². The van der Waals surface area contributed by atoms with Gasteiger partial charge in [-0.05, 0) is 32.0 Å². The summed E-state index contributed by atoms with van der Waals surface area (Å²) in [7, 11) is 3.79. The second-order valence-corrected chi connectivity index (χ2v) is 10.4. The average Bonchev–Trinajstić information content (AvgIpc) is 2.78. The van der Waals surface area contributed by atoms with Crippen molar-refractivity contribution in [3.63, 3.8) is 0 Å². The van der Waals surface area contributed by atoms with Crippen molar-refractivity contribution < 1.29 is 13.2 Å². The lowest BCUT2D eigenvalue weighted by Crippen LogP contribution is -2.40. The number of fused-ring (bicyclic) bond motifs is 1. The Balaban J connectivity index is 1.79. The first kappa shape index (κ1) is 22.0. The summed E-state index contributed by atoms with van der Waals surface area (Å²) in [6.07, 6.45) is 3.32. The van der Waals surface area contributed by atoms with E-state index < -0.39 is 10.0 Å². The molecule has 1 unspecified atom stereocenters. The highest BCUT2D eigenvalue weighted by molar-refractivity contribution is 7.89. The Hall–Kier alpha value is -2.23. The van der Waals surface area contributed by atoms with Crippen molar-refractivity contribution >= 4 is 15.8 Å². The number of likely N-dealkylation sites (N-methyl/N-ethyl adjacent to an activating group) is 1. The largest absolute Gasteiger partial charge is 0.495 e. The molecule has 2 aliphatic rings. The van der Waals surface area contributed by atoms with Crippen LogP contribution >= 0.6 is 0 Å². The molecule has 0 bridgehead atoms. The molecule has 0 saturated carbocycles. The third-order valence-corrected chi connectivity index (χ3v) is 8.03. The van der Waals surface area contributed by atoms with Crippen LogP contribution in [-0.4, -0.2) is 68.9 Å². The lowest BCUT2D eigenvalue weighted by molar-refractivity contribution is 0.243. The van der Waals surface area contributed by atoms with E-state index in [1.165, 1.54) is 7.11 Å². The number of aromatic nitrogens is 2. The fourth-order valence-electron chi connectivity index (χ4n) is 4.48. The summed E-state index contributed by atoms with van der Waals surface area (Å²) < 4.78 is 34.3. The van der Waals surface area contributed by atoms with Crippen molar-refractivity contribution in [1.82, 2.24) is 19.2 Å². The van der Waals surface area contributed by atoms with Crippen molar-refractivity contribution in [3.8, 4) is 5.75 Å². The summed E-state index contributed by atoms with van der Waals surface area (Å²) in [5.74, 6) is 1.84. The summed E-state index contributed by atoms with van der Waals surface area (Å²) in [6, 6.07) is 6.41. The quantitative estimate of drug-likeness (QED) is 0.699. The van der Waals surface area contributed by atoms with E-state index in [0.717, 1.165) is 49.4 Å². The van der Waals surface area contributed by atoms with E-state index in [1.54, 1.807) is 28.6 Å². The lowest BCUT2D eigenvalue weighted by Gasteiger charge is -2.35. The molecule has 4 rings (SSSR count). The molecule has 168 valence electrons. The second kappa shape index (κ2) is 8.72. The van der Waals surface area contributed by atoms with Gasteiger partial charge in [0, 0.05) is 45.7 Å². The number of hydrogen-bond donors (Lipinski definition) is 0. The first-order valence-electron chi connectivity index (χ1n) is 10.7. The van der Waals surface area contributed by atoms with E-state index >= 15 is 0 Å². The molecule has 9 heteroatoms. The topological polar surface area (TPSA) is 78.9 Å². The van der Waals surface area contributed by atoms with Gasteiger partial charge in [-0.2, -0.15) is 4.31 Å². The Morgan fingerprint density at radius 2 is 1.90 bits per heavy atom. The van der Waals surface area contributed by atoms with Crippen LogP contribution in [0.3, 0.4) is 0 Å². The van der Waals surface area contributed by atoms with Gasteiger partial charge in [0.2, 0.25) is 10.0 Å². The maximum atomic E-state index is 13.7. The van der Waals surface area contributed by atoms with Crippen LogP contribution in [0.25, 0.3) is 0 Å². The molecule has 1 atom stereocenters. The number of methoxy groups -OCH3 is 1. The minimum atomic E-state index is -3.76. The predicted octanol–water partition coefficient (Wildman–Crippen LogP) is 2.46. The van der Waals surface area contributed by atoms with Crippen molar-refractivity contribution in [2.45, 2.75) is 43.2 Å². The number of benzene rings is 1. The fraction of sp³-hybridized carbons (Fsp3) is 0.545. The zero-order chi connectivity index (χ0) is 22.2. The predicted molar refractivity (Wildman–Crippen MR) is 120 cm³/mol. The number of nitrogens with zero attached hydrogens (tertiary/aromatic N) is 5. The van der Waals surface area contributed by atoms with Crippen molar-refractivity contribution in [2.75, 3.05) is 46.2 Å². The van der Waals surface area contributed by atoms with Gasteiger partial charge in [-0.3, -0.25) is 0 Å². The highest BCUT2D eigenvalue weighted by atomic mass is 32.2. The van der Waals surface area contributed by atoms with Crippen LogP contribution in [0.4, 0.5) is 5.82 Å². The molecule has 8 nitrogen and oxygen atoms in total. The van der Waals surface area contributed by atoms with Gasteiger partial charge in [0.15, 0.2) is 0 Å². The Morgan fingerprint density at radius 3 is 2.65 bits per heavy atom. The summed E-state index contributed by atoms with van der Waals surface area (Å²) >= 11 is 0.